The number of pyridine rings is 1. The zero-order valence-electron chi connectivity index (χ0n) is 10.5. The molecule has 0 aromatic carbocycles. The lowest BCUT2D eigenvalue weighted by Gasteiger charge is -2.08. The Kier molecular flexibility index (Phi) is 2.83. The maximum atomic E-state index is 11.8. The molecule has 1 N–H and O–H groups in total. The Bertz CT molecular complexity index is 571. The Hall–Kier alpha value is -1.91. The van der Waals surface area contributed by atoms with E-state index in [1.54, 1.807) is 19.3 Å². The number of aromatic nitrogens is 3. The van der Waals surface area contributed by atoms with Gasteiger partial charge in [0.1, 0.15) is 0 Å². The Balaban J connectivity index is 2.74. The fraction of sp³-hybridized carbons (Fsp3) is 0.417. The highest BCUT2D eigenvalue weighted by Crippen LogP contribution is 2.20. The Morgan fingerprint density at radius 2 is 2.18 bits per heavy atom. The second kappa shape index (κ2) is 4.16. The van der Waals surface area contributed by atoms with Gasteiger partial charge < -0.3 is 5.32 Å². The van der Waals surface area contributed by atoms with Crippen molar-refractivity contribution < 1.29 is 4.79 Å². The lowest BCUT2D eigenvalue weighted by molar-refractivity contribution is 0.0964. The molecular formula is C12H16N4O. The summed E-state index contributed by atoms with van der Waals surface area (Å²) in [6.07, 6.45) is 1.70. The fourth-order valence-electron chi connectivity index (χ4n) is 1.84. The molecule has 0 atom stereocenters. The smallest absolute Gasteiger partial charge is 0.251 e. The van der Waals surface area contributed by atoms with Crippen LogP contribution >= 0.6 is 0 Å². The van der Waals surface area contributed by atoms with Gasteiger partial charge in [-0.15, -0.1) is 0 Å². The van der Waals surface area contributed by atoms with Gasteiger partial charge in [0.25, 0.3) is 5.91 Å². The third-order valence-electron chi connectivity index (χ3n) is 2.66. The van der Waals surface area contributed by atoms with Crippen molar-refractivity contribution in [3.63, 3.8) is 0 Å². The predicted octanol–water partition coefficient (Wildman–Crippen LogP) is 1.68. The molecule has 0 unspecified atom stereocenters. The van der Waals surface area contributed by atoms with Crippen LogP contribution in [0.5, 0.6) is 0 Å². The van der Waals surface area contributed by atoms with E-state index in [1.165, 1.54) is 0 Å². The minimum absolute atomic E-state index is 0.108. The van der Waals surface area contributed by atoms with Crippen molar-refractivity contribution in [2.45, 2.75) is 26.8 Å². The summed E-state index contributed by atoms with van der Waals surface area (Å²) < 4.78 is 1.83. The number of nitrogens with one attached hydrogen (secondary N) is 1. The first-order chi connectivity index (χ1) is 8.04. The molecule has 0 spiro atoms. The highest BCUT2D eigenvalue weighted by Gasteiger charge is 2.15. The fourth-order valence-corrected chi connectivity index (χ4v) is 1.84. The topological polar surface area (TPSA) is 59.8 Å². The molecule has 90 valence electrons. The second-order valence-electron chi connectivity index (χ2n) is 4.31. The van der Waals surface area contributed by atoms with Crippen LogP contribution in [0.15, 0.2) is 12.3 Å². The van der Waals surface area contributed by atoms with E-state index < -0.39 is 0 Å². The van der Waals surface area contributed by atoms with Crippen molar-refractivity contribution in [2.24, 2.45) is 0 Å². The van der Waals surface area contributed by atoms with Gasteiger partial charge in [-0.3, -0.25) is 4.79 Å². The first kappa shape index (κ1) is 11.6. The van der Waals surface area contributed by atoms with Crippen molar-refractivity contribution in [2.75, 3.05) is 7.05 Å². The summed E-state index contributed by atoms with van der Waals surface area (Å²) in [7, 11) is 1.62. The van der Waals surface area contributed by atoms with Crippen molar-refractivity contribution in [3.05, 3.63) is 23.5 Å². The molecule has 0 saturated heterocycles. The number of hydrogen-bond acceptors (Lipinski definition) is 3. The number of amides is 1. The number of aryl methyl sites for hydroxylation is 1. The van der Waals surface area contributed by atoms with Gasteiger partial charge in [0.2, 0.25) is 0 Å². The van der Waals surface area contributed by atoms with Crippen LogP contribution in [-0.2, 0) is 0 Å². The van der Waals surface area contributed by atoms with E-state index in [-0.39, 0.29) is 11.9 Å². The zero-order valence-corrected chi connectivity index (χ0v) is 10.5. The van der Waals surface area contributed by atoms with E-state index in [1.807, 2.05) is 25.5 Å². The average Bonchev–Trinajstić information content (AvgIpc) is 2.70. The third kappa shape index (κ3) is 1.88. The molecule has 5 heteroatoms. The molecule has 0 radical (unpaired) electrons. The van der Waals surface area contributed by atoms with Crippen LogP contribution in [0.2, 0.25) is 0 Å². The predicted molar refractivity (Wildman–Crippen MR) is 66.0 cm³/mol. The van der Waals surface area contributed by atoms with Crippen LogP contribution in [0.1, 0.15) is 35.9 Å². The third-order valence-corrected chi connectivity index (χ3v) is 2.66. The summed E-state index contributed by atoms with van der Waals surface area (Å²) in [6, 6.07) is 2.01. The van der Waals surface area contributed by atoms with Crippen LogP contribution in [0.4, 0.5) is 0 Å². The largest absolute Gasteiger partial charge is 0.355 e. The van der Waals surface area contributed by atoms with Crippen LogP contribution in [0.25, 0.3) is 11.0 Å². The molecule has 1 amide bonds. The standard InChI is InChI=1S/C12H16N4O/c1-7(2)16-11-10(6-14-16)9(12(17)13-4)5-8(3)15-11/h5-7H,1-4H3,(H,13,17). The Labute approximate surface area is 99.8 Å². The molecule has 17 heavy (non-hydrogen) atoms. The average molecular weight is 232 g/mol. The second-order valence-corrected chi connectivity index (χ2v) is 4.31. The number of rotatable bonds is 2. The summed E-state index contributed by atoms with van der Waals surface area (Å²) in [4.78, 5) is 16.2. The summed E-state index contributed by atoms with van der Waals surface area (Å²) in [5, 5.41) is 7.72. The van der Waals surface area contributed by atoms with Gasteiger partial charge in [-0.2, -0.15) is 5.10 Å². The van der Waals surface area contributed by atoms with Crippen LogP contribution in [-0.4, -0.2) is 27.7 Å². The summed E-state index contributed by atoms with van der Waals surface area (Å²) in [5.74, 6) is -0.108. The number of fused-ring (bicyclic) bond motifs is 1. The summed E-state index contributed by atoms with van der Waals surface area (Å²) >= 11 is 0. The Morgan fingerprint density at radius 1 is 1.47 bits per heavy atom. The number of carbonyl (C=O) groups is 1. The molecular weight excluding hydrogens is 216 g/mol. The lowest BCUT2D eigenvalue weighted by Crippen LogP contribution is -2.18. The SMILES string of the molecule is CNC(=O)c1cc(C)nc2c1cnn2C(C)C. The van der Waals surface area contributed by atoms with Crippen LogP contribution in [0.3, 0.4) is 0 Å². The Morgan fingerprint density at radius 3 is 2.76 bits per heavy atom. The minimum Gasteiger partial charge on any atom is -0.355 e. The summed E-state index contributed by atoms with van der Waals surface area (Å²) in [5.41, 5.74) is 2.21. The summed E-state index contributed by atoms with van der Waals surface area (Å²) in [6.45, 7) is 5.95. The molecule has 2 aromatic rings. The molecule has 0 aliphatic carbocycles. The minimum atomic E-state index is -0.108. The maximum absolute atomic E-state index is 11.8. The molecule has 0 aliphatic rings. The highest BCUT2D eigenvalue weighted by molar-refractivity contribution is 6.05. The van der Waals surface area contributed by atoms with Crippen molar-refractivity contribution in [1.82, 2.24) is 20.1 Å². The van der Waals surface area contributed by atoms with Crippen LogP contribution in [0, 0.1) is 6.92 Å². The van der Waals surface area contributed by atoms with E-state index in [0.29, 0.717) is 5.56 Å². The number of hydrogen-bond donors (Lipinski definition) is 1. The molecule has 2 aromatic heterocycles. The van der Waals surface area contributed by atoms with E-state index >= 15 is 0 Å². The van der Waals surface area contributed by atoms with Crippen molar-refractivity contribution in [3.8, 4) is 0 Å². The van der Waals surface area contributed by atoms with Gasteiger partial charge >= 0.3 is 0 Å². The lowest BCUT2D eigenvalue weighted by atomic mass is 10.1. The van der Waals surface area contributed by atoms with E-state index in [4.69, 9.17) is 0 Å². The highest BCUT2D eigenvalue weighted by atomic mass is 16.1. The van der Waals surface area contributed by atoms with Gasteiger partial charge in [0.05, 0.1) is 17.1 Å². The molecule has 5 nitrogen and oxygen atoms in total. The molecule has 0 fully saturated rings. The van der Waals surface area contributed by atoms with Crippen molar-refractivity contribution in [1.29, 1.82) is 0 Å². The van der Waals surface area contributed by atoms with Gasteiger partial charge in [-0.25, -0.2) is 9.67 Å². The van der Waals surface area contributed by atoms with Gasteiger partial charge in [-0.1, -0.05) is 0 Å². The van der Waals surface area contributed by atoms with E-state index in [0.717, 1.165) is 16.7 Å². The van der Waals surface area contributed by atoms with Gasteiger partial charge in [-0.05, 0) is 26.8 Å². The van der Waals surface area contributed by atoms with Gasteiger partial charge in [0, 0.05) is 18.8 Å². The van der Waals surface area contributed by atoms with E-state index in [9.17, 15) is 4.79 Å². The molecule has 0 saturated carbocycles. The maximum Gasteiger partial charge on any atom is 0.251 e. The van der Waals surface area contributed by atoms with E-state index in [2.05, 4.69) is 15.4 Å². The molecule has 2 rings (SSSR count). The first-order valence-corrected chi connectivity index (χ1v) is 5.61. The normalized spacial score (nSPS) is 11.1. The van der Waals surface area contributed by atoms with Gasteiger partial charge in [0.15, 0.2) is 5.65 Å². The number of carbonyl (C=O) groups excluding carboxylic acids is 1. The molecule has 0 aliphatic heterocycles. The first-order valence-electron chi connectivity index (χ1n) is 5.61. The number of nitrogens with zero attached hydrogens (tertiary/aromatic N) is 3. The van der Waals surface area contributed by atoms with Crippen LogP contribution < -0.4 is 5.32 Å². The monoisotopic (exact) mass is 232 g/mol. The molecule has 0 bridgehead atoms. The van der Waals surface area contributed by atoms with Crippen molar-refractivity contribution >= 4 is 16.9 Å². The zero-order chi connectivity index (χ0) is 12.6. The quantitative estimate of drug-likeness (QED) is 0.857. The molecule has 2 heterocycles.